The molecule has 0 radical (unpaired) electrons. The molecule has 0 bridgehead atoms. The molecule has 0 aromatic heterocycles. The highest BCUT2D eigenvalue weighted by Gasteiger charge is 2.42. The Kier molecular flexibility index (Phi) is 8.43. The van der Waals surface area contributed by atoms with E-state index < -0.39 is 30.6 Å². The number of aromatic hydroxyl groups is 1. The molecule has 2 aromatic carbocycles. The lowest BCUT2D eigenvalue weighted by molar-refractivity contribution is -0.143. The van der Waals surface area contributed by atoms with Crippen LogP contribution in [0.5, 0.6) is 17.2 Å². The van der Waals surface area contributed by atoms with E-state index in [0.717, 1.165) is 50.8 Å². The van der Waals surface area contributed by atoms with Crippen molar-refractivity contribution < 1.29 is 39.1 Å². The summed E-state index contributed by atoms with van der Waals surface area (Å²) in [7, 11) is 1.14. The van der Waals surface area contributed by atoms with Gasteiger partial charge < -0.3 is 39.7 Å². The Morgan fingerprint density at radius 3 is 2.68 bits per heavy atom. The maximum Gasteiger partial charge on any atom is 0.330 e. The molecule has 4 rings (SSSR count). The van der Waals surface area contributed by atoms with Crippen LogP contribution < -0.4 is 14.8 Å². The van der Waals surface area contributed by atoms with Gasteiger partial charge in [-0.2, -0.15) is 0 Å². The molecular weight excluding hydrogens is 504 g/mol. The van der Waals surface area contributed by atoms with Crippen molar-refractivity contribution in [2.45, 2.75) is 37.0 Å². The number of phenols is 1. The second-order valence-corrected chi connectivity index (χ2v) is 9.83. The lowest BCUT2D eigenvalue weighted by Gasteiger charge is -2.39. The number of aliphatic hydroxyl groups excluding tert-OH is 2. The number of phenolic OH excluding ortho intramolecular Hbond substituents is 1. The van der Waals surface area contributed by atoms with Gasteiger partial charge in [0.05, 0.1) is 19.3 Å². The number of piperidine rings is 1. The normalized spacial score (nSPS) is 17.9. The first kappa shape index (κ1) is 27.0. The second-order valence-electron chi connectivity index (χ2n) is 9.39. The van der Waals surface area contributed by atoms with Crippen LogP contribution in [0.3, 0.4) is 0 Å². The van der Waals surface area contributed by atoms with Crippen molar-refractivity contribution in [2.24, 2.45) is 0 Å². The standard InChI is InChI=1S/C26H31ClN2O8/c1-35-25(34)21(14-30)28-24(33)20-4-3-18(31)11-23(20)36-15-19(32)13-29-8-6-26(7-9-29)12-16-10-17(27)2-5-22(16)37-26/h2-5,10-11,19,21,30-32H,6-9,12-15H2,1H3,(H,28,33)/t19-,21?/m0/s1. The third-order valence-corrected chi connectivity index (χ3v) is 6.95. The smallest absolute Gasteiger partial charge is 0.330 e. The number of carbonyl (C=O) groups is 2. The Hall–Kier alpha value is -3.05. The summed E-state index contributed by atoms with van der Waals surface area (Å²) < 4.78 is 16.5. The van der Waals surface area contributed by atoms with Crippen LogP contribution >= 0.6 is 11.6 Å². The first-order valence-electron chi connectivity index (χ1n) is 12.0. The molecular formula is C26H31ClN2O8. The summed E-state index contributed by atoms with van der Waals surface area (Å²) in [5, 5.41) is 32.9. The Morgan fingerprint density at radius 2 is 1.97 bits per heavy atom. The number of β-amino-alcohol motifs (C(OH)–C–C–N with tert-alkyl or cyclic N) is 1. The second kappa shape index (κ2) is 11.6. The highest BCUT2D eigenvalue weighted by molar-refractivity contribution is 6.30. The molecule has 1 fully saturated rings. The van der Waals surface area contributed by atoms with E-state index in [-0.39, 0.29) is 29.3 Å². The minimum absolute atomic E-state index is 0.0327. The van der Waals surface area contributed by atoms with Crippen molar-refractivity contribution in [3.8, 4) is 17.2 Å². The van der Waals surface area contributed by atoms with Gasteiger partial charge in [0.15, 0.2) is 6.04 Å². The fourth-order valence-electron chi connectivity index (χ4n) is 4.74. The molecule has 1 amide bonds. The van der Waals surface area contributed by atoms with Crippen LogP contribution in [0.4, 0.5) is 0 Å². The van der Waals surface area contributed by atoms with Crippen molar-refractivity contribution in [3.05, 3.63) is 52.5 Å². The largest absolute Gasteiger partial charge is 0.508 e. The minimum Gasteiger partial charge on any atom is -0.508 e. The molecule has 200 valence electrons. The number of benzene rings is 2. The number of hydrogen-bond donors (Lipinski definition) is 4. The number of halogens is 1. The number of ether oxygens (including phenoxy) is 3. The fraction of sp³-hybridized carbons (Fsp3) is 0.462. The van der Waals surface area contributed by atoms with Crippen LogP contribution in [0.25, 0.3) is 0 Å². The molecule has 2 aliphatic heterocycles. The van der Waals surface area contributed by atoms with Gasteiger partial charge in [0, 0.05) is 50.0 Å². The maximum absolute atomic E-state index is 12.7. The summed E-state index contributed by atoms with van der Waals surface area (Å²) in [6, 6.07) is 8.32. The zero-order valence-electron chi connectivity index (χ0n) is 20.5. The highest BCUT2D eigenvalue weighted by Crippen LogP contribution is 2.42. The van der Waals surface area contributed by atoms with Gasteiger partial charge in [-0.1, -0.05) is 11.6 Å². The van der Waals surface area contributed by atoms with Crippen LogP contribution in [0, 0.1) is 0 Å². The van der Waals surface area contributed by atoms with Crippen LogP contribution in [0.2, 0.25) is 5.02 Å². The molecule has 0 aliphatic carbocycles. The molecule has 2 aromatic rings. The first-order chi connectivity index (χ1) is 17.7. The summed E-state index contributed by atoms with van der Waals surface area (Å²) in [6.07, 6.45) is 1.59. The van der Waals surface area contributed by atoms with Gasteiger partial charge in [0.2, 0.25) is 0 Å². The van der Waals surface area contributed by atoms with Crippen LogP contribution in [0.1, 0.15) is 28.8 Å². The molecule has 2 heterocycles. The van der Waals surface area contributed by atoms with E-state index in [9.17, 15) is 24.9 Å². The van der Waals surface area contributed by atoms with Crippen molar-refractivity contribution in [2.75, 3.05) is 40.0 Å². The van der Waals surface area contributed by atoms with Gasteiger partial charge >= 0.3 is 5.97 Å². The number of carbonyl (C=O) groups excluding carboxylic acids is 2. The van der Waals surface area contributed by atoms with Gasteiger partial charge in [-0.15, -0.1) is 0 Å². The zero-order chi connectivity index (χ0) is 26.6. The summed E-state index contributed by atoms with van der Waals surface area (Å²) >= 11 is 6.12. The molecule has 0 saturated carbocycles. The number of likely N-dealkylation sites (tertiary alicyclic amines) is 1. The molecule has 1 spiro atoms. The first-order valence-corrected chi connectivity index (χ1v) is 12.4. The van der Waals surface area contributed by atoms with Gasteiger partial charge in [-0.05, 0) is 35.9 Å². The number of nitrogens with zero attached hydrogens (tertiary/aromatic N) is 1. The molecule has 10 nitrogen and oxygen atoms in total. The van der Waals surface area contributed by atoms with E-state index in [2.05, 4.69) is 15.0 Å². The van der Waals surface area contributed by atoms with Crippen LogP contribution in [-0.2, 0) is 16.0 Å². The van der Waals surface area contributed by atoms with E-state index in [0.29, 0.717) is 11.6 Å². The quantitative estimate of drug-likeness (QED) is 0.353. The molecule has 11 heteroatoms. The topological polar surface area (TPSA) is 138 Å². The lowest BCUT2D eigenvalue weighted by atomic mass is 9.87. The molecule has 2 aliphatic rings. The lowest BCUT2D eigenvalue weighted by Crippen LogP contribution is -2.49. The SMILES string of the molecule is COC(=O)C(CO)NC(=O)c1ccc(O)cc1OC[C@@H](O)CN1CCC2(CC1)Cc1cc(Cl)ccc1O2. The minimum atomic E-state index is -1.25. The van der Waals surface area contributed by atoms with Gasteiger partial charge in [-0.3, -0.25) is 4.79 Å². The van der Waals surface area contributed by atoms with Gasteiger partial charge in [0.1, 0.15) is 35.6 Å². The molecule has 1 unspecified atom stereocenters. The van der Waals surface area contributed by atoms with Crippen molar-refractivity contribution in [3.63, 3.8) is 0 Å². The Morgan fingerprint density at radius 1 is 1.22 bits per heavy atom. The third-order valence-electron chi connectivity index (χ3n) is 6.71. The number of fused-ring (bicyclic) bond motifs is 1. The van der Waals surface area contributed by atoms with Gasteiger partial charge in [-0.25, -0.2) is 4.79 Å². The van der Waals surface area contributed by atoms with E-state index in [1.54, 1.807) is 0 Å². The number of hydrogen-bond acceptors (Lipinski definition) is 9. The van der Waals surface area contributed by atoms with Crippen LogP contribution in [-0.4, -0.2) is 89.8 Å². The van der Waals surface area contributed by atoms with Crippen molar-refractivity contribution >= 4 is 23.5 Å². The van der Waals surface area contributed by atoms with Crippen molar-refractivity contribution in [1.29, 1.82) is 0 Å². The molecule has 4 N–H and O–H groups in total. The number of rotatable bonds is 9. The predicted octanol–water partition coefficient (Wildman–Crippen LogP) is 1.52. The number of esters is 1. The summed E-state index contributed by atoms with van der Waals surface area (Å²) in [5.74, 6) is -0.714. The van der Waals surface area contributed by atoms with E-state index in [4.69, 9.17) is 21.1 Å². The Labute approximate surface area is 219 Å². The van der Waals surface area contributed by atoms with Gasteiger partial charge in [0.25, 0.3) is 5.91 Å². The summed E-state index contributed by atoms with van der Waals surface area (Å²) in [6.45, 7) is 1.09. The summed E-state index contributed by atoms with van der Waals surface area (Å²) in [4.78, 5) is 26.5. The maximum atomic E-state index is 12.7. The number of aliphatic hydroxyl groups is 2. The predicted molar refractivity (Wildman–Crippen MR) is 134 cm³/mol. The van der Waals surface area contributed by atoms with E-state index in [1.807, 2.05) is 18.2 Å². The molecule has 37 heavy (non-hydrogen) atoms. The number of nitrogens with one attached hydrogen (secondary N) is 1. The fourth-order valence-corrected chi connectivity index (χ4v) is 4.93. The third kappa shape index (κ3) is 6.45. The molecule has 2 atom stereocenters. The average molecular weight is 535 g/mol. The van der Waals surface area contributed by atoms with Crippen molar-refractivity contribution in [1.82, 2.24) is 10.2 Å². The zero-order valence-corrected chi connectivity index (χ0v) is 21.2. The van der Waals surface area contributed by atoms with E-state index in [1.165, 1.54) is 18.2 Å². The molecule has 1 saturated heterocycles. The number of amides is 1. The van der Waals surface area contributed by atoms with E-state index >= 15 is 0 Å². The monoisotopic (exact) mass is 534 g/mol. The average Bonchev–Trinajstić information content (AvgIpc) is 3.23. The number of methoxy groups -OCH3 is 1. The van der Waals surface area contributed by atoms with Crippen LogP contribution in [0.15, 0.2) is 36.4 Å². The Bertz CT molecular complexity index is 1140. The highest BCUT2D eigenvalue weighted by atomic mass is 35.5. The summed E-state index contributed by atoms with van der Waals surface area (Å²) in [5.41, 5.74) is 0.911. The Balaban J connectivity index is 1.29.